The van der Waals surface area contributed by atoms with E-state index in [1.165, 1.54) is 0 Å². The van der Waals surface area contributed by atoms with Crippen LogP contribution in [-0.2, 0) is 9.84 Å². The molecule has 0 aliphatic carbocycles. The standard InChI is InChI=1S/C18H22N2O3S/c1-12-5-4-6-16(9-12)20-13(2)10-17(14(20)3)18(21)19-15-7-8-24(22,23)11-15/h4-6,9-10,15H,7-8,11H2,1-3H3,(H,19,21). The lowest BCUT2D eigenvalue weighted by molar-refractivity contribution is 0.0940. The van der Waals surface area contributed by atoms with Gasteiger partial charge in [-0.25, -0.2) is 8.42 Å². The van der Waals surface area contributed by atoms with Crippen molar-refractivity contribution >= 4 is 15.7 Å². The summed E-state index contributed by atoms with van der Waals surface area (Å²) in [5.74, 6) is -0.0144. The molecule has 1 aliphatic heterocycles. The maximum absolute atomic E-state index is 12.6. The quantitative estimate of drug-likeness (QED) is 0.927. The first-order valence-corrected chi connectivity index (χ1v) is 9.86. The summed E-state index contributed by atoms with van der Waals surface area (Å²) < 4.78 is 25.1. The lowest BCUT2D eigenvalue weighted by atomic mass is 10.2. The van der Waals surface area contributed by atoms with E-state index >= 15 is 0 Å². The van der Waals surface area contributed by atoms with E-state index in [1.807, 2.05) is 49.6 Å². The average molecular weight is 346 g/mol. The summed E-state index contributed by atoms with van der Waals surface area (Å²) in [6, 6.07) is 9.68. The van der Waals surface area contributed by atoms with Gasteiger partial charge in [-0.2, -0.15) is 0 Å². The highest BCUT2D eigenvalue weighted by Gasteiger charge is 2.30. The van der Waals surface area contributed by atoms with Gasteiger partial charge in [0.05, 0.1) is 17.1 Å². The minimum absolute atomic E-state index is 0.0371. The maximum Gasteiger partial charge on any atom is 0.253 e. The minimum Gasteiger partial charge on any atom is -0.348 e. The molecule has 1 aromatic carbocycles. The maximum atomic E-state index is 12.6. The molecule has 1 N–H and O–H groups in total. The normalized spacial score (nSPS) is 19.4. The third-order valence-electron chi connectivity index (χ3n) is 4.50. The summed E-state index contributed by atoms with van der Waals surface area (Å²) in [4.78, 5) is 12.6. The molecule has 2 heterocycles. The molecule has 1 aromatic heterocycles. The molecule has 1 unspecified atom stereocenters. The predicted molar refractivity (Wildman–Crippen MR) is 94.5 cm³/mol. The van der Waals surface area contributed by atoms with E-state index in [2.05, 4.69) is 11.4 Å². The molecule has 24 heavy (non-hydrogen) atoms. The van der Waals surface area contributed by atoms with Crippen molar-refractivity contribution in [3.63, 3.8) is 0 Å². The molecule has 1 saturated heterocycles. The van der Waals surface area contributed by atoms with E-state index in [1.54, 1.807) is 0 Å². The van der Waals surface area contributed by atoms with Gasteiger partial charge < -0.3 is 9.88 Å². The first kappa shape index (κ1) is 16.8. The highest BCUT2D eigenvalue weighted by atomic mass is 32.2. The lowest BCUT2D eigenvalue weighted by Gasteiger charge is -2.12. The summed E-state index contributed by atoms with van der Waals surface area (Å²) in [5, 5.41) is 2.86. The fourth-order valence-corrected chi connectivity index (χ4v) is 5.00. The fourth-order valence-electron chi connectivity index (χ4n) is 3.33. The van der Waals surface area contributed by atoms with Crippen molar-refractivity contribution in [2.24, 2.45) is 0 Å². The molecular weight excluding hydrogens is 324 g/mol. The van der Waals surface area contributed by atoms with E-state index in [0.29, 0.717) is 12.0 Å². The lowest BCUT2D eigenvalue weighted by Crippen LogP contribution is -2.35. The van der Waals surface area contributed by atoms with E-state index < -0.39 is 9.84 Å². The number of amides is 1. The molecule has 0 spiro atoms. The molecule has 1 aliphatic rings. The predicted octanol–water partition coefficient (Wildman–Crippen LogP) is 2.32. The van der Waals surface area contributed by atoms with Crippen molar-refractivity contribution in [3.05, 3.63) is 52.8 Å². The number of carbonyl (C=O) groups is 1. The number of nitrogens with zero attached hydrogens (tertiary/aromatic N) is 1. The van der Waals surface area contributed by atoms with Crippen LogP contribution in [0.15, 0.2) is 30.3 Å². The Labute approximate surface area is 142 Å². The van der Waals surface area contributed by atoms with Crippen molar-refractivity contribution in [3.8, 4) is 5.69 Å². The number of benzene rings is 1. The van der Waals surface area contributed by atoms with Gasteiger partial charge in [0, 0.05) is 23.1 Å². The Hall–Kier alpha value is -2.08. The molecular formula is C18H22N2O3S. The van der Waals surface area contributed by atoms with Crippen molar-refractivity contribution in [1.82, 2.24) is 9.88 Å². The molecule has 1 amide bonds. The van der Waals surface area contributed by atoms with E-state index in [0.717, 1.165) is 22.6 Å². The molecule has 2 aromatic rings. The first-order chi connectivity index (χ1) is 11.3. The SMILES string of the molecule is Cc1cccc(-n2c(C)cc(C(=O)NC3CCS(=O)(=O)C3)c2C)c1. The van der Waals surface area contributed by atoms with Crippen LogP contribution in [0.4, 0.5) is 0 Å². The molecule has 0 radical (unpaired) electrons. The van der Waals surface area contributed by atoms with Crippen LogP contribution in [0.2, 0.25) is 0 Å². The molecule has 6 heteroatoms. The summed E-state index contributed by atoms with van der Waals surface area (Å²) in [5.41, 5.74) is 4.60. The van der Waals surface area contributed by atoms with Crippen molar-refractivity contribution < 1.29 is 13.2 Å². The monoisotopic (exact) mass is 346 g/mol. The summed E-state index contributed by atoms with van der Waals surface area (Å²) >= 11 is 0. The number of hydrogen-bond acceptors (Lipinski definition) is 3. The summed E-state index contributed by atoms with van der Waals surface area (Å²) in [6.45, 7) is 5.91. The number of rotatable bonds is 3. The fraction of sp³-hybridized carbons (Fsp3) is 0.389. The Morgan fingerprint density at radius 3 is 2.58 bits per heavy atom. The summed E-state index contributed by atoms with van der Waals surface area (Å²) in [7, 11) is -3.00. The zero-order valence-electron chi connectivity index (χ0n) is 14.2. The van der Waals surface area contributed by atoms with Gasteiger partial charge in [0.15, 0.2) is 9.84 Å². The highest BCUT2D eigenvalue weighted by Crippen LogP contribution is 2.22. The molecule has 1 atom stereocenters. The average Bonchev–Trinajstić information content (AvgIpc) is 2.98. The van der Waals surface area contributed by atoms with Crippen molar-refractivity contribution in [1.29, 1.82) is 0 Å². The third-order valence-corrected chi connectivity index (χ3v) is 6.27. The van der Waals surface area contributed by atoms with Gasteiger partial charge in [-0.15, -0.1) is 0 Å². The highest BCUT2D eigenvalue weighted by molar-refractivity contribution is 7.91. The topological polar surface area (TPSA) is 68.2 Å². The van der Waals surface area contributed by atoms with Crippen LogP contribution in [0.1, 0.15) is 33.7 Å². The largest absolute Gasteiger partial charge is 0.348 e. The van der Waals surface area contributed by atoms with Crippen LogP contribution in [0.5, 0.6) is 0 Å². The van der Waals surface area contributed by atoms with Gasteiger partial charge in [0.2, 0.25) is 0 Å². The zero-order valence-corrected chi connectivity index (χ0v) is 15.0. The van der Waals surface area contributed by atoms with Crippen LogP contribution in [0.3, 0.4) is 0 Å². The van der Waals surface area contributed by atoms with E-state index in [9.17, 15) is 13.2 Å². The molecule has 3 rings (SSSR count). The van der Waals surface area contributed by atoms with Crippen LogP contribution < -0.4 is 5.32 Å². The number of aryl methyl sites for hydroxylation is 2. The van der Waals surface area contributed by atoms with Gasteiger partial charge in [-0.3, -0.25) is 4.79 Å². The Kier molecular flexibility index (Phi) is 4.25. The minimum atomic E-state index is -3.00. The van der Waals surface area contributed by atoms with Gasteiger partial charge in [0.25, 0.3) is 5.91 Å². The van der Waals surface area contributed by atoms with Crippen LogP contribution >= 0.6 is 0 Å². The zero-order chi connectivity index (χ0) is 17.5. The second-order valence-corrected chi connectivity index (χ2v) is 8.76. The number of nitrogens with one attached hydrogen (secondary N) is 1. The molecule has 1 fully saturated rings. The van der Waals surface area contributed by atoms with Crippen LogP contribution in [-0.4, -0.2) is 36.4 Å². The van der Waals surface area contributed by atoms with Gasteiger partial charge in [0.1, 0.15) is 0 Å². The molecule has 0 saturated carbocycles. The van der Waals surface area contributed by atoms with Crippen molar-refractivity contribution in [2.75, 3.05) is 11.5 Å². The van der Waals surface area contributed by atoms with Crippen LogP contribution in [0, 0.1) is 20.8 Å². The Morgan fingerprint density at radius 2 is 1.96 bits per heavy atom. The molecule has 5 nitrogen and oxygen atoms in total. The molecule has 0 bridgehead atoms. The molecule has 128 valence electrons. The Bertz CT molecular complexity index is 897. The van der Waals surface area contributed by atoms with Gasteiger partial charge >= 0.3 is 0 Å². The number of hydrogen-bond donors (Lipinski definition) is 1. The van der Waals surface area contributed by atoms with Crippen molar-refractivity contribution in [2.45, 2.75) is 33.2 Å². The van der Waals surface area contributed by atoms with Gasteiger partial charge in [-0.05, 0) is 51.0 Å². The van der Waals surface area contributed by atoms with Crippen LogP contribution in [0.25, 0.3) is 5.69 Å². The number of aromatic nitrogens is 1. The van der Waals surface area contributed by atoms with E-state index in [-0.39, 0.29) is 23.5 Å². The first-order valence-electron chi connectivity index (χ1n) is 8.04. The summed E-state index contributed by atoms with van der Waals surface area (Å²) in [6.07, 6.45) is 0.491. The smallest absolute Gasteiger partial charge is 0.253 e. The van der Waals surface area contributed by atoms with E-state index in [4.69, 9.17) is 0 Å². The second-order valence-electron chi connectivity index (χ2n) is 6.53. The Morgan fingerprint density at radius 1 is 1.21 bits per heavy atom. The third kappa shape index (κ3) is 3.24. The van der Waals surface area contributed by atoms with Gasteiger partial charge in [-0.1, -0.05) is 12.1 Å². The number of carbonyl (C=O) groups excluding carboxylic acids is 1. The second kappa shape index (κ2) is 6.09. The Balaban J connectivity index is 1.87. The number of sulfone groups is 1.